The third-order valence-electron chi connectivity index (χ3n) is 5.49. The maximum Gasteiger partial charge on any atom is 0.255 e. The second kappa shape index (κ2) is 8.39. The summed E-state index contributed by atoms with van der Waals surface area (Å²) in [6.45, 7) is 2.30. The highest BCUT2D eigenvalue weighted by Gasteiger charge is 2.36. The summed E-state index contributed by atoms with van der Waals surface area (Å²) >= 11 is 6.32. The molecule has 2 amide bonds. The van der Waals surface area contributed by atoms with Crippen LogP contribution >= 0.6 is 11.6 Å². The first-order valence-electron chi connectivity index (χ1n) is 9.84. The van der Waals surface area contributed by atoms with E-state index in [0.29, 0.717) is 26.2 Å². The number of rotatable bonds is 4. The Labute approximate surface area is 186 Å². The predicted molar refractivity (Wildman–Crippen MR) is 118 cm³/mol. The number of hydrogen-bond donors (Lipinski definition) is 0. The molecule has 0 N–H and O–H groups in total. The van der Waals surface area contributed by atoms with Crippen molar-refractivity contribution in [3.05, 3.63) is 53.1 Å². The van der Waals surface area contributed by atoms with Crippen molar-refractivity contribution in [1.29, 1.82) is 0 Å². The van der Waals surface area contributed by atoms with E-state index in [1.165, 1.54) is 18.2 Å². The number of benzene rings is 2. The fourth-order valence-electron chi connectivity index (χ4n) is 3.88. The van der Waals surface area contributed by atoms with Crippen molar-refractivity contribution in [2.45, 2.75) is 6.42 Å². The average molecular weight is 464 g/mol. The molecule has 0 saturated carbocycles. The minimum absolute atomic E-state index is 0.0584. The molecule has 0 atom stereocenters. The van der Waals surface area contributed by atoms with Gasteiger partial charge in [0.05, 0.1) is 34.8 Å². The molecule has 164 valence electrons. The van der Waals surface area contributed by atoms with Crippen LogP contribution in [0, 0.1) is 0 Å². The van der Waals surface area contributed by atoms with E-state index >= 15 is 0 Å². The maximum atomic E-state index is 13.0. The van der Waals surface area contributed by atoms with Crippen molar-refractivity contribution >= 4 is 44.8 Å². The lowest BCUT2D eigenvalue weighted by Gasteiger charge is -2.36. The van der Waals surface area contributed by atoms with Crippen molar-refractivity contribution in [1.82, 2.24) is 4.90 Å². The predicted octanol–water partition coefficient (Wildman–Crippen LogP) is 2.38. The minimum Gasteiger partial charge on any atom is -0.495 e. The number of methoxy groups -OCH3 is 1. The number of sulfonamides is 1. The van der Waals surface area contributed by atoms with Crippen LogP contribution < -0.4 is 13.9 Å². The van der Waals surface area contributed by atoms with Crippen LogP contribution in [-0.4, -0.2) is 64.2 Å². The SMILES string of the molecule is COc1ccccc1N1CCN(C(=O)c2ccc(N3C(=O)CCS3(=O)=O)cc2Cl)CC1. The number of hydrogen-bond acceptors (Lipinski definition) is 6. The molecule has 0 aliphatic carbocycles. The average Bonchev–Trinajstić information content (AvgIpc) is 3.05. The lowest BCUT2D eigenvalue weighted by Crippen LogP contribution is -2.49. The van der Waals surface area contributed by atoms with Crippen molar-refractivity contribution < 1.29 is 22.7 Å². The molecule has 4 rings (SSSR count). The first kappa shape index (κ1) is 21.5. The van der Waals surface area contributed by atoms with E-state index in [1.54, 1.807) is 12.0 Å². The number of carbonyl (C=O) groups excluding carboxylic acids is 2. The van der Waals surface area contributed by atoms with Crippen LogP contribution in [0.4, 0.5) is 11.4 Å². The Morgan fingerprint density at radius 1 is 1.06 bits per heavy atom. The van der Waals surface area contributed by atoms with Crippen molar-refractivity contribution in [2.24, 2.45) is 0 Å². The summed E-state index contributed by atoms with van der Waals surface area (Å²) in [7, 11) is -2.05. The lowest BCUT2D eigenvalue weighted by molar-refractivity contribution is -0.116. The van der Waals surface area contributed by atoms with Gasteiger partial charge in [-0.1, -0.05) is 23.7 Å². The standard InChI is InChI=1S/C21H22ClN3O5S/c1-30-19-5-3-2-4-18(19)23-9-11-24(12-10-23)21(27)16-7-6-15(14-17(16)22)25-20(26)8-13-31(25,28)29/h2-7,14H,8-13H2,1H3. The topological polar surface area (TPSA) is 87.2 Å². The molecule has 31 heavy (non-hydrogen) atoms. The molecule has 2 aliphatic rings. The van der Waals surface area contributed by atoms with Gasteiger partial charge in [0.15, 0.2) is 0 Å². The minimum atomic E-state index is -3.68. The van der Waals surface area contributed by atoms with Crippen molar-refractivity contribution in [2.75, 3.05) is 48.2 Å². The lowest BCUT2D eigenvalue weighted by atomic mass is 10.1. The van der Waals surface area contributed by atoms with E-state index in [0.717, 1.165) is 15.7 Å². The monoisotopic (exact) mass is 463 g/mol. The summed E-state index contributed by atoms with van der Waals surface area (Å²) in [5, 5.41) is 0.115. The van der Waals surface area contributed by atoms with Crippen LogP contribution in [0.5, 0.6) is 5.75 Å². The molecule has 8 nitrogen and oxygen atoms in total. The van der Waals surface area contributed by atoms with Crippen LogP contribution in [0.1, 0.15) is 16.8 Å². The molecular formula is C21H22ClN3O5S. The molecule has 2 aromatic carbocycles. The van der Waals surface area contributed by atoms with E-state index in [1.807, 2.05) is 24.3 Å². The maximum absolute atomic E-state index is 13.0. The summed E-state index contributed by atoms with van der Waals surface area (Å²) in [4.78, 5) is 28.9. The summed E-state index contributed by atoms with van der Waals surface area (Å²) in [5.41, 5.74) is 1.42. The van der Waals surface area contributed by atoms with Crippen molar-refractivity contribution in [3.8, 4) is 5.75 Å². The molecule has 2 aliphatic heterocycles. The van der Waals surface area contributed by atoms with E-state index in [9.17, 15) is 18.0 Å². The van der Waals surface area contributed by atoms with Gasteiger partial charge in [0, 0.05) is 32.6 Å². The fraction of sp³-hybridized carbons (Fsp3) is 0.333. The van der Waals surface area contributed by atoms with E-state index < -0.39 is 15.9 Å². The van der Waals surface area contributed by atoms with Crippen LogP contribution in [0.25, 0.3) is 0 Å². The summed E-state index contributed by atoms with van der Waals surface area (Å²) < 4.78 is 30.4. The molecule has 0 spiro atoms. The fourth-order valence-corrected chi connectivity index (χ4v) is 5.59. The first-order chi connectivity index (χ1) is 14.8. The van der Waals surface area contributed by atoms with Gasteiger partial charge >= 0.3 is 0 Å². The van der Waals surface area contributed by atoms with Gasteiger partial charge in [0.1, 0.15) is 5.75 Å². The highest BCUT2D eigenvalue weighted by atomic mass is 35.5. The molecule has 2 fully saturated rings. The molecule has 0 radical (unpaired) electrons. The normalized spacial score (nSPS) is 18.4. The molecule has 10 heteroatoms. The van der Waals surface area contributed by atoms with E-state index in [-0.39, 0.29) is 34.4 Å². The molecule has 0 bridgehead atoms. The molecule has 0 unspecified atom stereocenters. The van der Waals surface area contributed by atoms with E-state index in [4.69, 9.17) is 16.3 Å². The van der Waals surface area contributed by atoms with Crippen molar-refractivity contribution in [3.63, 3.8) is 0 Å². The third kappa shape index (κ3) is 4.07. The van der Waals surface area contributed by atoms with Crippen LogP contribution in [0.3, 0.4) is 0 Å². The van der Waals surface area contributed by atoms with Gasteiger partial charge in [-0.15, -0.1) is 0 Å². The number of nitrogens with zero attached hydrogens (tertiary/aromatic N) is 3. The Morgan fingerprint density at radius 2 is 1.77 bits per heavy atom. The highest BCUT2D eigenvalue weighted by molar-refractivity contribution is 7.94. The molecule has 2 aromatic rings. The number of amides is 2. The summed E-state index contributed by atoms with van der Waals surface area (Å²) in [6, 6.07) is 12.0. The Hall–Kier alpha value is -2.78. The quantitative estimate of drug-likeness (QED) is 0.691. The Kier molecular flexibility index (Phi) is 5.81. The zero-order chi connectivity index (χ0) is 22.2. The Morgan fingerprint density at radius 3 is 2.39 bits per heavy atom. The van der Waals surface area contributed by atoms with E-state index in [2.05, 4.69) is 4.90 Å². The van der Waals surface area contributed by atoms with Crippen LogP contribution in [-0.2, 0) is 14.8 Å². The summed E-state index contributed by atoms with van der Waals surface area (Å²) in [6.07, 6.45) is -0.0584. The number of anilines is 2. The number of ether oxygens (including phenoxy) is 1. The highest BCUT2D eigenvalue weighted by Crippen LogP contribution is 2.31. The smallest absolute Gasteiger partial charge is 0.255 e. The van der Waals surface area contributed by atoms with Gasteiger partial charge < -0.3 is 14.5 Å². The van der Waals surface area contributed by atoms with Gasteiger partial charge in [-0.2, -0.15) is 0 Å². The van der Waals surface area contributed by atoms with Gasteiger partial charge in [0.2, 0.25) is 15.9 Å². The number of para-hydroxylation sites is 2. The number of carbonyl (C=O) groups is 2. The molecule has 0 aromatic heterocycles. The Bertz CT molecular complexity index is 1130. The van der Waals surface area contributed by atoms with Crippen LogP contribution in [0.15, 0.2) is 42.5 Å². The third-order valence-corrected chi connectivity index (χ3v) is 7.49. The van der Waals surface area contributed by atoms with Crippen LogP contribution in [0.2, 0.25) is 5.02 Å². The molecule has 2 heterocycles. The van der Waals surface area contributed by atoms with Gasteiger partial charge in [-0.25, -0.2) is 12.7 Å². The second-order valence-electron chi connectivity index (χ2n) is 7.34. The van der Waals surface area contributed by atoms with Gasteiger partial charge in [-0.05, 0) is 30.3 Å². The van der Waals surface area contributed by atoms with Gasteiger partial charge in [0.25, 0.3) is 5.91 Å². The Balaban J connectivity index is 1.48. The summed E-state index contributed by atoms with van der Waals surface area (Å²) in [5.74, 6) is -0.164. The molecular weight excluding hydrogens is 442 g/mol. The second-order valence-corrected chi connectivity index (χ2v) is 9.68. The zero-order valence-electron chi connectivity index (χ0n) is 17.0. The zero-order valence-corrected chi connectivity index (χ0v) is 18.5. The number of piperazine rings is 1. The van der Waals surface area contributed by atoms with Gasteiger partial charge in [-0.3, -0.25) is 9.59 Å². The number of halogens is 1. The molecule has 2 saturated heterocycles. The first-order valence-corrected chi connectivity index (χ1v) is 11.8. The largest absolute Gasteiger partial charge is 0.495 e.